The van der Waals surface area contributed by atoms with Gasteiger partial charge in [-0.1, -0.05) is 21.6 Å². The number of aliphatic carboxylic acids is 1. The summed E-state index contributed by atoms with van der Waals surface area (Å²) in [7, 11) is 3.02. The molecule has 0 aromatic rings. The van der Waals surface area contributed by atoms with Crippen molar-refractivity contribution in [1.82, 2.24) is 0 Å². The minimum atomic E-state index is -0.967. The van der Waals surface area contributed by atoms with Crippen molar-refractivity contribution in [2.75, 3.05) is 12.3 Å². The van der Waals surface area contributed by atoms with E-state index in [1.807, 2.05) is 13.8 Å². The summed E-state index contributed by atoms with van der Waals surface area (Å²) >= 11 is 0. The van der Waals surface area contributed by atoms with Crippen molar-refractivity contribution in [2.45, 2.75) is 24.6 Å². The summed E-state index contributed by atoms with van der Waals surface area (Å²) in [4.78, 5) is 10.6. The smallest absolute Gasteiger partial charge is 0.321 e. The molecule has 13 heavy (non-hydrogen) atoms. The van der Waals surface area contributed by atoms with Crippen molar-refractivity contribution in [1.29, 1.82) is 0 Å². The van der Waals surface area contributed by atoms with Gasteiger partial charge in [0.05, 0.1) is 0 Å². The fourth-order valence-electron chi connectivity index (χ4n) is 0.591. The van der Waals surface area contributed by atoms with Crippen molar-refractivity contribution in [2.24, 2.45) is 11.5 Å². The van der Waals surface area contributed by atoms with E-state index < -0.39 is 16.8 Å². The van der Waals surface area contributed by atoms with E-state index in [0.717, 1.165) is 5.75 Å². The average Bonchev–Trinajstić information content (AvgIpc) is 2.03. The van der Waals surface area contributed by atoms with Crippen molar-refractivity contribution in [3.8, 4) is 0 Å². The third kappa shape index (κ3) is 4.75. The Balaban J connectivity index is 3.98. The SMILES string of the molecule is CC(C)(SSCCN)C(N)C(=O)O. The first-order chi connectivity index (χ1) is 5.91. The molecule has 0 saturated carbocycles. The van der Waals surface area contributed by atoms with Gasteiger partial charge >= 0.3 is 5.97 Å². The number of carbonyl (C=O) groups is 1. The van der Waals surface area contributed by atoms with Crippen molar-refractivity contribution < 1.29 is 9.90 Å². The summed E-state index contributed by atoms with van der Waals surface area (Å²) in [5.41, 5.74) is 10.8. The fourth-order valence-corrected chi connectivity index (χ4v) is 3.04. The lowest BCUT2D eigenvalue weighted by Gasteiger charge is -2.26. The van der Waals surface area contributed by atoms with E-state index in [4.69, 9.17) is 16.6 Å². The molecular formula is C7H16N2O2S2. The van der Waals surface area contributed by atoms with Crippen LogP contribution in [0, 0.1) is 0 Å². The zero-order valence-electron chi connectivity index (χ0n) is 7.82. The van der Waals surface area contributed by atoms with Gasteiger partial charge in [0.15, 0.2) is 0 Å². The van der Waals surface area contributed by atoms with E-state index in [9.17, 15) is 4.79 Å². The molecule has 0 aliphatic heterocycles. The highest BCUT2D eigenvalue weighted by molar-refractivity contribution is 8.77. The van der Waals surface area contributed by atoms with E-state index >= 15 is 0 Å². The maximum Gasteiger partial charge on any atom is 0.321 e. The van der Waals surface area contributed by atoms with Gasteiger partial charge in [0, 0.05) is 17.0 Å². The molecular weight excluding hydrogens is 208 g/mol. The molecule has 0 radical (unpaired) electrons. The number of carboxylic acids is 1. The van der Waals surface area contributed by atoms with Crippen LogP contribution in [0.3, 0.4) is 0 Å². The normalized spacial score (nSPS) is 14.2. The lowest BCUT2D eigenvalue weighted by Crippen LogP contribution is -2.46. The van der Waals surface area contributed by atoms with Gasteiger partial charge in [-0.05, 0) is 13.8 Å². The maximum atomic E-state index is 10.6. The number of nitrogens with two attached hydrogens (primary N) is 2. The van der Waals surface area contributed by atoms with E-state index in [2.05, 4.69) is 0 Å². The topological polar surface area (TPSA) is 89.3 Å². The molecule has 0 heterocycles. The second kappa shape index (κ2) is 5.74. The first-order valence-electron chi connectivity index (χ1n) is 3.91. The third-order valence-corrected chi connectivity index (χ3v) is 4.84. The van der Waals surface area contributed by atoms with E-state index in [1.165, 1.54) is 10.8 Å². The molecule has 4 nitrogen and oxygen atoms in total. The Bertz CT molecular complexity index is 176. The van der Waals surface area contributed by atoms with Crippen LogP contribution in [0.2, 0.25) is 0 Å². The molecule has 0 spiro atoms. The zero-order valence-corrected chi connectivity index (χ0v) is 9.45. The Morgan fingerprint density at radius 3 is 2.54 bits per heavy atom. The Morgan fingerprint density at radius 2 is 2.15 bits per heavy atom. The van der Waals surface area contributed by atoms with Crippen LogP contribution < -0.4 is 11.5 Å². The molecule has 78 valence electrons. The molecule has 5 N–H and O–H groups in total. The van der Waals surface area contributed by atoms with E-state index in [1.54, 1.807) is 10.8 Å². The minimum absolute atomic E-state index is 0.467. The molecule has 0 aromatic carbocycles. The average molecular weight is 224 g/mol. The molecule has 1 unspecified atom stereocenters. The van der Waals surface area contributed by atoms with Crippen molar-refractivity contribution >= 4 is 27.6 Å². The van der Waals surface area contributed by atoms with Gasteiger partial charge in [-0.25, -0.2) is 0 Å². The van der Waals surface area contributed by atoms with Gasteiger partial charge in [-0.3, -0.25) is 4.79 Å². The van der Waals surface area contributed by atoms with Crippen LogP contribution in [0.1, 0.15) is 13.8 Å². The number of hydrogen-bond donors (Lipinski definition) is 3. The highest BCUT2D eigenvalue weighted by atomic mass is 33.1. The van der Waals surface area contributed by atoms with Crippen LogP contribution in [0.15, 0.2) is 0 Å². The molecule has 6 heteroatoms. The summed E-state index contributed by atoms with van der Waals surface area (Å²) in [6.45, 7) is 4.23. The van der Waals surface area contributed by atoms with Gasteiger partial charge in [-0.15, -0.1) is 0 Å². The Hall–Kier alpha value is 0.0900. The van der Waals surface area contributed by atoms with E-state index in [-0.39, 0.29) is 0 Å². The Labute approximate surface area is 86.2 Å². The summed E-state index contributed by atoms with van der Waals surface area (Å²) in [6, 6.07) is -0.845. The molecule has 0 bridgehead atoms. The fraction of sp³-hybridized carbons (Fsp3) is 0.857. The molecule has 0 amide bonds. The third-order valence-electron chi connectivity index (χ3n) is 1.49. The Kier molecular flexibility index (Phi) is 5.78. The van der Waals surface area contributed by atoms with Crippen molar-refractivity contribution in [3.05, 3.63) is 0 Å². The zero-order chi connectivity index (χ0) is 10.5. The maximum absolute atomic E-state index is 10.6. The molecule has 0 aliphatic rings. The largest absolute Gasteiger partial charge is 0.480 e. The standard InChI is InChI=1S/C7H16N2O2S2/c1-7(2,5(9)6(10)11)13-12-4-3-8/h5H,3-4,8-9H2,1-2H3,(H,10,11). The van der Waals surface area contributed by atoms with Crippen LogP contribution in [-0.4, -0.2) is 34.2 Å². The van der Waals surface area contributed by atoms with E-state index in [0.29, 0.717) is 6.54 Å². The predicted molar refractivity (Wildman–Crippen MR) is 58.8 cm³/mol. The van der Waals surface area contributed by atoms with Gasteiger partial charge < -0.3 is 16.6 Å². The first-order valence-corrected chi connectivity index (χ1v) is 6.23. The second-order valence-corrected chi connectivity index (χ2v) is 6.18. The monoisotopic (exact) mass is 224 g/mol. The summed E-state index contributed by atoms with van der Waals surface area (Å²) in [5.74, 6) is -0.161. The molecule has 0 aliphatic carbocycles. The number of rotatable bonds is 6. The lowest BCUT2D eigenvalue weighted by molar-refractivity contribution is -0.139. The molecule has 0 rings (SSSR count). The molecule has 0 saturated heterocycles. The van der Waals surface area contributed by atoms with Gasteiger partial charge in [-0.2, -0.15) is 0 Å². The molecule has 1 atom stereocenters. The first kappa shape index (κ1) is 13.1. The van der Waals surface area contributed by atoms with Gasteiger partial charge in [0.2, 0.25) is 0 Å². The van der Waals surface area contributed by atoms with Crippen LogP contribution in [-0.2, 0) is 4.79 Å². The predicted octanol–water partition coefficient (Wildman–Crippen LogP) is 0.517. The summed E-state index contributed by atoms with van der Waals surface area (Å²) in [5, 5.41) is 8.70. The lowest BCUT2D eigenvalue weighted by atomic mass is 10.1. The van der Waals surface area contributed by atoms with Gasteiger partial charge in [0.1, 0.15) is 6.04 Å². The number of carboxylic acid groups (broad SMARTS) is 1. The number of hydrogen-bond acceptors (Lipinski definition) is 5. The molecule has 0 aromatic heterocycles. The van der Waals surface area contributed by atoms with Crippen LogP contribution in [0.5, 0.6) is 0 Å². The van der Waals surface area contributed by atoms with Crippen molar-refractivity contribution in [3.63, 3.8) is 0 Å². The highest BCUT2D eigenvalue weighted by Crippen LogP contribution is 2.37. The second-order valence-electron chi connectivity index (χ2n) is 3.11. The summed E-state index contributed by atoms with van der Waals surface area (Å²) < 4.78 is -0.467. The quantitative estimate of drug-likeness (QED) is 0.450. The Morgan fingerprint density at radius 1 is 1.62 bits per heavy atom. The van der Waals surface area contributed by atoms with Crippen LogP contribution in [0.25, 0.3) is 0 Å². The molecule has 0 fully saturated rings. The van der Waals surface area contributed by atoms with Crippen LogP contribution in [0.4, 0.5) is 0 Å². The highest BCUT2D eigenvalue weighted by Gasteiger charge is 2.32. The van der Waals surface area contributed by atoms with Gasteiger partial charge in [0.25, 0.3) is 0 Å². The minimum Gasteiger partial charge on any atom is -0.480 e. The van der Waals surface area contributed by atoms with Crippen LogP contribution >= 0.6 is 21.6 Å². The summed E-state index contributed by atoms with van der Waals surface area (Å²) in [6.07, 6.45) is 0.